The quantitative estimate of drug-likeness (QED) is 0.780. The molecule has 0 saturated carbocycles. The zero-order valence-corrected chi connectivity index (χ0v) is 14.4. The fourth-order valence-corrected chi connectivity index (χ4v) is 3.42. The van der Waals surface area contributed by atoms with Gasteiger partial charge in [0.05, 0.1) is 30.5 Å². The Morgan fingerprint density at radius 3 is 3.00 bits per heavy atom. The first-order valence-electron chi connectivity index (χ1n) is 8.47. The average Bonchev–Trinajstić information content (AvgIpc) is 3.05. The predicted octanol–water partition coefficient (Wildman–Crippen LogP) is 1.76. The second kappa shape index (κ2) is 6.48. The highest BCUT2D eigenvalue weighted by molar-refractivity contribution is 5.57. The van der Waals surface area contributed by atoms with Crippen molar-refractivity contribution in [3.63, 3.8) is 0 Å². The summed E-state index contributed by atoms with van der Waals surface area (Å²) in [6.45, 7) is 4.19. The molecule has 2 aromatic heterocycles. The lowest BCUT2D eigenvalue weighted by Crippen LogP contribution is -2.33. The van der Waals surface area contributed by atoms with Crippen molar-refractivity contribution in [1.29, 1.82) is 5.26 Å². The number of nitriles is 1. The van der Waals surface area contributed by atoms with Gasteiger partial charge in [-0.25, -0.2) is 10.1 Å². The molecule has 26 heavy (non-hydrogen) atoms. The number of H-pyrrole nitrogens is 1. The summed E-state index contributed by atoms with van der Waals surface area (Å²) in [5.41, 5.74) is 4.94. The van der Waals surface area contributed by atoms with Crippen LogP contribution in [-0.2, 0) is 19.5 Å². The molecule has 1 aliphatic rings. The minimum absolute atomic E-state index is 0.0998. The molecular formula is C19H18N6O. The van der Waals surface area contributed by atoms with Crippen LogP contribution in [0.2, 0.25) is 0 Å². The second-order valence-electron chi connectivity index (χ2n) is 6.44. The smallest absolute Gasteiger partial charge is 0.284 e. The van der Waals surface area contributed by atoms with Crippen LogP contribution in [-0.4, -0.2) is 26.3 Å². The Hall–Kier alpha value is -3.40. The van der Waals surface area contributed by atoms with E-state index in [9.17, 15) is 10.1 Å². The molecule has 0 atom stereocenters. The van der Waals surface area contributed by atoms with Gasteiger partial charge in [-0.3, -0.25) is 4.79 Å². The van der Waals surface area contributed by atoms with Crippen LogP contribution in [0.25, 0.3) is 0 Å². The first kappa shape index (κ1) is 16.1. The number of anilines is 1. The number of imidazole rings is 1. The molecule has 0 fully saturated rings. The summed E-state index contributed by atoms with van der Waals surface area (Å²) < 4.78 is 2.19. The van der Waals surface area contributed by atoms with Gasteiger partial charge in [0.2, 0.25) is 0 Å². The SMILES string of the molecule is Cc1ccccc1Cn1cnc2c1CCN(c1cn[nH]c(=O)c1C#N)C2. The summed E-state index contributed by atoms with van der Waals surface area (Å²) in [6.07, 6.45) is 4.22. The fraction of sp³-hybridized carbons (Fsp3) is 0.263. The molecule has 0 bridgehead atoms. The fourth-order valence-electron chi connectivity index (χ4n) is 3.42. The third-order valence-corrected chi connectivity index (χ3v) is 4.88. The molecule has 3 aromatic rings. The van der Waals surface area contributed by atoms with E-state index in [0.717, 1.165) is 18.7 Å². The van der Waals surface area contributed by atoms with E-state index in [-0.39, 0.29) is 5.56 Å². The number of aryl methyl sites for hydroxylation is 1. The molecule has 4 rings (SSSR count). The van der Waals surface area contributed by atoms with Gasteiger partial charge in [0.25, 0.3) is 5.56 Å². The van der Waals surface area contributed by atoms with Crippen LogP contribution < -0.4 is 10.5 Å². The zero-order valence-electron chi connectivity index (χ0n) is 14.4. The molecule has 1 aromatic carbocycles. The van der Waals surface area contributed by atoms with E-state index < -0.39 is 5.56 Å². The number of hydrogen-bond donors (Lipinski definition) is 1. The average molecular weight is 346 g/mol. The normalized spacial score (nSPS) is 13.3. The molecule has 0 amide bonds. The Balaban J connectivity index is 1.61. The van der Waals surface area contributed by atoms with Crippen molar-refractivity contribution in [3.8, 4) is 6.07 Å². The Kier molecular flexibility index (Phi) is 4.01. The first-order chi connectivity index (χ1) is 12.7. The molecule has 0 aliphatic carbocycles. The van der Waals surface area contributed by atoms with E-state index in [1.165, 1.54) is 23.0 Å². The third-order valence-electron chi connectivity index (χ3n) is 4.88. The van der Waals surface area contributed by atoms with Crippen LogP contribution in [0, 0.1) is 18.3 Å². The van der Waals surface area contributed by atoms with Gasteiger partial charge >= 0.3 is 0 Å². The lowest BCUT2D eigenvalue weighted by atomic mass is 10.1. The summed E-state index contributed by atoms with van der Waals surface area (Å²) >= 11 is 0. The van der Waals surface area contributed by atoms with E-state index in [2.05, 4.69) is 44.9 Å². The van der Waals surface area contributed by atoms with Gasteiger partial charge in [-0.15, -0.1) is 0 Å². The van der Waals surface area contributed by atoms with Crippen molar-refractivity contribution < 1.29 is 0 Å². The Bertz CT molecular complexity index is 1060. The maximum Gasteiger partial charge on any atom is 0.284 e. The van der Waals surface area contributed by atoms with Gasteiger partial charge < -0.3 is 9.47 Å². The molecule has 0 spiro atoms. The number of benzene rings is 1. The Morgan fingerprint density at radius 1 is 1.35 bits per heavy atom. The molecule has 0 saturated heterocycles. The van der Waals surface area contributed by atoms with Gasteiger partial charge in [0, 0.05) is 25.2 Å². The van der Waals surface area contributed by atoms with E-state index in [0.29, 0.717) is 18.8 Å². The van der Waals surface area contributed by atoms with E-state index >= 15 is 0 Å². The molecule has 3 heterocycles. The largest absolute Gasteiger partial charge is 0.363 e. The number of fused-ring (bicyclic) bond motifs is 1. The standard InChI is InChI=1S/C19H18N6O/c1-13-4-2-3-5-14(13)10-25-12-21-16-11-24(7-6-17(16)25)18-9-22-23-19(26)15(18)8-20/h2-5,9,12H,6-7,10-11H2,1H3,(H,23,26). The van der Waals surface area contributed by atoms with Crippen LogP contribution >= 0.6 is 0 Å². The van der Waals surface area contributed by atoms with Crippen LogP contribution in [0.15, 0.2) is 41.6 Å². The van der Waals surface area contributed by atoms with Gasteiger partial charge in [0.1, 0.15) is 11.6 Å². The summed E-state index contributed by atoms with van der Waals surface area (Å²) in [6, 6.07) is 10.3. The third kappa shape index (κ3) is 2.75. The van der Waals surface area contributed by atoms with Crippen molar-refractivity contribution in [2.24, 2.45) is 0 Å². The zero-order chi connectivity index (χ0) is 18.1. The number of hydrogen-bond acceptors (Lipinski definition) is 5. The van der Waals surface area contributed by atoms with Gasteiger partial charge in [-0.1, -0.05) is 24.3 Å². The molecule has 0 radical (unpaired) electrons. The highest BCUT2D eigenvalue weighted by Gasteiger charge is 2.24. The van der Waals surface area contributed by atoms with Crippen LogP contribution in [0.3, 0.4) is 0 Å². The van der Waals surface area contributed by atoms with Gasteiger partial charge in [0.15, 0.2) is 0 Å². The molecule has 130 valence electrons. The molecular weight excluding hydrogens is 328 g/mol. The molecule has 1 aliphatic heterocycles. The highest BCUT2D eigenvalue weighted by atomic mass is 16.1. The lowest BCUT2D eigenvalue weighted by molar-refractivity contribution is 0.659. The van der Waals surface area contributed by atoms with E-state index in [1.54, 1.807) is 0 Å². The van der Waals surface area contributed by atoms with Crippen molar-refractivity contribution >= 4 is 5.69 Å². The highest BCUT2D eigenvalue weighted by Crippen LogP contribution is 2.25. The summed E-state index contributed by atoms with van der Waals surface area (Å²) in [4.78, 5) is 18.4. The minimum atomic E-state index is -0.458. The van der Waals surface area contributed by atoms with Crippen LogP contribution in [0.5, 0.6) is 0 Å². The summed E-state index contributed by atoms with van der Waals surface area (Å²) in [5, 5.41) is 15.4. The van der Waals surface area contributed by atoms with E-state index in [4.69, 9.17) is 0 Å². The maximum atomic E-state index is 11.8. The number of aromatic amines is 1. The lowest BCUT2D eigenvalue weighted by Gasteiger charge is -2.29. The monoisotopic (exact) mass is 346 g/mol. The Labute approximate surface area is 150 Å². The van der Waals surface area contributed by atoms with E-state index in [1.807, 2.05) is 23.4 Å². The first-order valence-corrected chi connectivity index (χ1v) is 8.47. The maximum absolute atomic E-state index is 11.8. The molecule has 7 nitrogen and oxygen atoms in total. The number of nitrogens with zero attached hydrogens (tertiary/aromatic N) is 5. The van der Waals surface area contributed by atoms with Crippen LogP contribution in [0.1, 0.15) is 28.1 Å². The number of rotatable bonds is 3. The number of nitrogens with one attached hydrogen (secondary N) is 1. The number of aromatic nitrogens is 4. The van der Waals surface area contributed by atoms with Crippen molar-refractivity contribution in [3.05, 3.63) is 75.2 Å². The topological polar surface area (TPSA) is 90.6 Å². The van der Waals surface area contributed by atoms with Crippen molar-refractivity contribution in [2.45, 2.75) is 26.4 Å². The molecule has 0 unspecified atom stereocenters. The molecule has 7 heteroatoms. The van der Waals surface area contributed by atoms with Gasteiger partial charge in [-0.2, -0.15) is 10.4 Å². The van der Waals surface area contributed by atoms with Gasteiger partial charge in [-0.05, 0) is 18.1 Å². The predicted molar refractivity (Wildman–Crippen MR) is 96.8 cm³/mol. The summed E-state index contributed by atoms with van der Waals surface area (Å²) in [7, 11) is 0. The van der Waals surface area contributed by atoms with Crippen LogP contribution in [0.4, 0.5) is 5.69 Å². The minimum Gasteiger partial charge on any atom is -0.363 e. The second-order valence-corrected chi connectivity index (χ2v) is 6.44. The molecule has 1 N–H and O–H groups in total. The summed E-state index contributed by atoms with van der Waals surface area (Å²) in [5.74, 6) is 0. The van der Waals surface area contributed by atoms with Crippen molar-refractivity contribution in [2.75, 3.05) is 11.4 Å². The Morgan fingerprint density at radius 2 is 2.19 bits per heavy atom. The van der Waals surface area contributed by atoms with Crippen molar-refractivity contribution in [1.82, 2.24) is 19.7 Å².